The van der Waals surface area contributed by atoms with E-state index in [1.165, 1.54) is 17.8 Å². The Balaban J connectivity index is 2.63. The second kappa shape index (κ2) is 7.84. The van der Waals surface area contributed by atoms with Crippen LogP contribution in [-0.4, -0.2) is 35.0 Å². The molecule has 2 N–H and O–H groups in total. The summed E-state index contributed by atoms with van der Waals surface area (Å²) in [6.45, 7) is 0. The average Bonchev–Trinajstić information content (AvgIpc) is 2.37. The summed E-state index contributed by atoms with van der Waals surface area (Å²) in [5, 5.41) is 11.3. The van der Waals surface area contributed by atoms with Crippen LogP contribution in [0, 0.1) is 11.6 Å². The summed E-state index contributed by atoms with van der Waals surface area (Å²) in [6.07, 6.45) is 1.79. The number of hydrogen-bond acceptors (Lipinski definition) is 3. The number of aliphatic carboxylic acids is 1. The van der Waals surface area contributed by atoms with Crippen LogP contribution in [0.3, 0.4) is 0 Å². The van der Waals surface area contributed by atoms with E-state index < -0.39 is 29.6 Å². The molecule has 0 fully saturated rings. The fourth-order valence-corrected chi connectivity index (χ4v) is 2.05. The Morgan fingerprint density at radius 3 is 2.65 bits per heavy atom. The molecule has 0 radical (unpaired) electrons. The van der Waals surface area contributed by atoms with Crippen LogP contribution in [0.5, 0.6) is 0 Å². The lowest BCUT2D eigenvalue weighted by atomic mass is 10.1. The highest BCUT2D eigenvalue weighted by molar-refractivity contribution is 7.98. The summed E-state index contributed by atoms with van der Waals surface area (Å²) in [5.74, 6) is -2.70. The number of nitrogens with one attached hydrogen (secondary N) is 1. The van der Waals surface area contributed by atoms with E-state index in [4.69, 9.17) is 5.11 Å². The molecule has 0 bridgehead atoms. The van der Waals surface area contributed by atoms with Gasteiger partial charge in [-0.2, -0.15) is 11.8 Å². The molecule has 7 heteroatoms. The van der Waals surface area contributed by atoms with Crippen molar-refractivity contribution in [2.45, 2.75) is 18.9 Å². The normalized spacial score (nSPS) is 11.9. The van der Waals surface area contributed by atoms with Gasteiger partial charge in [-0.1, -0.05) is 6.07 Å². The first kappa shape index (κ1) is 16.4. The number of carboxylic acid groups (broad SMARTS) is 1. The molecule has 0 heterocycles. The maximum Gasteiger partial charge on any atom is 0.326 e. The Labute approximate surface area is 119 Å². The molecule has 0 saturated heterocycles. The fraction of sp³-hybridized carbons (Fsp3) is 0.385. The number of thioether (sulfide) groups is 1. The van der Waals surface area contributed by atoms with E-state index in [2.05, 4.69) is 5.32 Å². The van der Waals surface area contributed by atoms with E-state index in [9.17, 15) is 18.4 Å². The van der Waals surface area contributed by atoms with Crippen molar-refractivity contribution in [3.63, 3.8) is 0 Å². The van der Waals surface area contributed by atoms with Gasteiger partial charge >= 0.3 is 5.97 Å². The van der Waals surface area contributed by atoms with Gasteiger partial charge in [0, 0.05) is 6.07 Å². The summed E-state index contributed by atoms with van der Waals surface area (Å²) in [7, 11) is 0. The monoisotopic (exact) mass is 303 g/mol. The number of benzene rings is 1. The lowest BCUT2D eigenvalue weighted by Gasteiger charge is -2.14. The zero-order valence-corrected chi connectivity index (χ0v) is 11.7. The number of carboxylic acids is 1. The van der Waals surface area contributed by atoms with Crippen LogP contribution < -0.4 is 5.32 Å². The van der Waals surface area contributed by atoms with Gasteiger partial charge in [0.15, 0.2) is 0 Å². The number of carbonyl (C=O) groups excluding carboxylic acids is 1. The topological polar surface area (TPSA) is 66.4 Å². The van der Waals surface area contributed by atoms with E-state index in [-0.39, 0.29) is 18.4 Å². The highest BCUT2D eigenvalue weighted by Gasteiger charge is 2.20. The lowest BCUT2D eigenvalue weighted by Crippen LogP contribution is -2.42. The first-order valence-corrected chi connectivity index (χ1v) is 7.28. The van der Waals surface area contributed by atoms with Crippen molar-refractivity contribution >= 4 is 23.6 Å². The standard InChI is InChI=1S/C13H15F2NO3S/c1-20-5-4-11(13(18)19)16-12(17)6-8-2-3-9(14)7-10(8)15/h2-3,7,11H,4-6H2,1H3,(H,16,17)(H,18,19). The minimum Gasteiger partial charge on any atom is -0.480 e. The number of hydrogen-bond donors (Lipinski definition) is 2. The minimum absolute atomic E-state index is 0.0258. The molecule has 4 nitrogen and oxygen atoms in total. The molecule has 0 spiro atoms. The van der Waals surface area contributed by atoms with Gasteiger partial charge in [0.05, 0.1) is 6.42 Å². The summed E-state index contributed by atoms with van der Waals surface area (Å²) in [4.78, 5) is 22.6. The molecule has 1 atom stereocenters. The smallest absolute Gasteiger partial charge is 0.326 e. The molecular weight excluding hydrogens is 288 g/mol. The molecule has 110 valence electrons. The third-order valence-electron chi connectivity index (χ3n) is 2.61. The van der Waals surface area contributed by atoms with Gasteiger partial charge in [-0.05, 0) is 30.1 Å². The second-order valence-electron chi connectivity index (χ2n) is 4.15. The maximum atomic E-state index is 13.4. The first-order chi connectivity index (χ1) is 9.43. The number of carbonyl (C=O) groups is 2. The number of halogens is 2. The van der Waals surface area contributed by atoms with Crippen LogP contribution in [0.15, 0.2) is 18.2 Å². The van der Waals surface area contributed by atoms with E-state index in [0.717, 1.165) is 6.07 Å². The summed E-state index contributed by atoms with van der Waals surface area (Å²) < 4.78 is 26.1. The van der Waals surface area contributed by atoms with Gasteiger partial charge < -0.3 is 10.4 Å². The van der Waals surface area contributed by atoms with Crippen LogP contribution in [-0.2, 0) is 16.0 Å². The van der Waals surface area contributed by atoms with Crippen molar-refractivity contribution in [1.29, 1.82) is 0 Å². The molecule has 1 rings (SSSR count). The van der Waals surface area contributed by atoms with Gasteiger partial charge in [0.1, 0.15) is 17.7 Å². The molecular formula is C13H15F2NO3S. The van der Waals surface area contributed by atoms with Crippen molar-refractivity contribution in [1.82, 2.24) is 5.32 Å². The molecule has 20 heavy (non-hydrogen) atoms. The molecule has 0 aromatic heterocycles. The largest absolute Gasteiger partial charge is 0.480 e. The summed E-state index contributed by atoms with van der Waals surface area (Å²) in [6, 6.07) is 1.90. The third-order valence-corrected chi connectivity index (χ3v) is 3.25. The van der Waals surface area contributed by atoms with Crippen LogP contribution in [0.2, 0.25) is 0 Å². The zero-order valence-electron chi connectivity index (χ0n) is 10.9. The van der Waals surface area contributed by atoms with E-state index >= 15 is 0 Å². The minimum atomic E-state index is -1.13. The Hall–Kier alpha value is -1.63. The van der Waals surface area contributed by atoms with E-state index in [1.807, 2.05) is 6.26 Å². The molecule has 0 aliphatic rings. The van der Waals surface area contributed by atoms with Gasteiger partial charge in [-0.15, -0.1) is 0 Å². The molecule has 0 saturated carbocycles. The zero-order chi connectivity index (χ0) is 15.1. The second-order valence-corrected chi connectivity index (χ2v) is 5.14. The van der Waals surface area contributed by atoms with Gasteiger partial charge in [0.25, 0.3) is 0 Å². The van der Waals surface area contributed by atoms with Crippen molar-refractivity contribution in [2.24, 2.45) is 0 Å². The molecule has 1 unspecified atom stereocenters. The van der Waals surface area contributed by atoms with Crippen LogP contribution in [0.4, 0.5) is 8.78 Å². The van der Waals surface area contributed by atoms with Gasteiger partial charge in [-0.25, -0.2) is 13.6 Å². The van der Waals surface area contributed by atoms with Gasteiger partial charge in [-0.3, -0.25) is 4.79 Å². The van der Waals surface area contributed by atoms with Crippen LogP contribution in [0.25, 0.3) is 0 Å². The molecule has 1 amide bonds. The maximum absolute atomic E-state index is 13.4. The first-order valence-electron chi connectivity index (χ1n) is 5.89. The van der Waals surface area contributed by atoms with Gasteiger partial charge in [0.2, 0.25) is 5.91 Å². The van der Waals surface area contributed by atoms with Crippen molar-refractivity contribution in [3.8, 4) is 0 Å². The third kappa shape index (κ3) is 5.16. The Kier molecular flexibility index (Phi) is 6.44. The Morgan fingerprint density at radius 2 is 2.10 bits per heavy atom. The number of amides is 1. The molecule has 1 aromatic rings. The summed E-state index contributed by atoms with van der Waals surface area (Å²) in [5.41, 5.74) is 0.0258. The van der Waals surface area contributed by atoms with E-state index in [0.29, 0.717) is 11.8 Å². The fourth-order valence-electron chi connectivity index (χ4n) is 1.58. The predicted octanol–water partition coefficient (Wildman–Crippen LogP) is 1.83. The van der Waals surface area contributed by atoms with Crippen molar-refractivity contribution in [2.75, 3.05) is 12.0 Å². The lowest BCUT2D eigenvalue weighted by molar-refractivity contribution is -0.141. The van der Waals surface area contributed by atoms with Crippen molar-refractivity contribution < 1.29 is 23.5 Å². The number of rotatable bonds is 7. The summed E-state index contributed by atoms with van der Waals surface area (Å²) >= 11 is 1.47. The highest BCUT2D eigenvalue weighted by atomic mass is 32.2. The SMILES string of the molecule is CSCCC(NC(=O)Cc1ccc(F)cc1F)C(=O)O. The Bertz CT molecular complexity index is 497. The molecule has 1 aromatic carbocycles. The molecule has 0 aliphatic carbocycles. The Morgan fingerprint density at radius 1 is 1.40 bits per heavy atom. The van der Waals surface area contributed by atoms with E-state index in [1.54, 1.807) is 0 Å². The van der Waals surface area contributed by atoms with Crippen LogP contribution >= 0.6 is 11.8 Å². The molecule has 0 aliphatic heterocycles. The van der Waals surface area contributed by atoms with Crippen molar-refractivity contribution in [3.05, 3.63) is 35.4 Å². The van der Waals surface area contributed by atoms with Crippen LogP contribution in [0.1, 0.15) is 12.0 Å². The predicted molar refractivity (Wildman–Crippen MR) is 72.6 cm³/mol. The quantitative estimate of drug-likeness (QED) is 0.806. The highest BCUT2D eigenvalue weighted by Crippen LogP contribution is 2.10. The average molecular weight is 303 g/mol.